The number of carbonyl (C=O) groups excluding carboxylic acids is 1. The Hall–Kier alpha value is -1.06. The van der Waals surface area contributed by atoms with Crippen LogP contribution in [0.1, 0.15) is 39.5 Å². The van der Waals surface area contributed by atoms with Crippen LogP contribution in [0.4, 0.5) is 0 Å². The van der Waals surface area contributed by atoms with Crippen LogP contribution in [-0.2, 0) is 9.59 Å². The van der Waals surface area contributed by atoms with Gasteiger partial charge in [-0.05, 0) is 30.6 Å². The first kappa shape index (κ1) is 12.4. The van der Waals surface area contributed by atoms with Crippen molar-refractivity contribution in [2.45, 2.75) is 39.5 Å². The maximum atomic E-state index is 11.9. The van der Waals surface area contributed by atoms with Crippen molar-refractivity contribution >= 4 is 11.9 Å². The molecule has 0 saturated heterocycles. The molecule has 96 valence electrons. The standard InChI is InChI=1S/C13H21NO3/c1-13(2)6-8(13)7-14-11(15)9-4-3-5-10(9)12(16)17/h8-10H,3-7H2,1-2H3,(H,14,15)(H,16,17). The zero-order chi connectivity index (χ0) is 12.6. The Kier molecular flexibility index (Phi) is 3.15. The molecule has 2 rings (SSSR count). The SMILES string of the molecule is CC1(C)CC1CNC(=O)C1CCCC1C(=O)O. The van der Waals surface area contributed by atoms with Crippen LogP contribution in [0.25, 0.3) is 0 Å². The minimum absolute atomic E-state index is 0.0578. The van der Waals surface area contributed by atoms with Crippen LogP contribution in [-0.4, -0.2) is 23.5 Å². The van der Waals surface area contributed by atoms with E-state index in [1.165, 1.54) is 0 Å². The van der Waals surface area contributed by atoms with Crippen molar-refractivity contribution < 1.29 is 14.7 Å². The monoisotopic (exact) mass is 239 g/mol. The van der Waals surface area contributed by atoms with Gasteiger partial charge in [-0.25, -0.2) is 0 Å². The summed E-state index contributed by atoms with van der Waals surface area (Å²) in [5.41, 5.74) is 0.356. The normalized spacial score (nSPS) is 34.4. The number of carboxylic acids is 1. The quantitative estimate of drug-likeness (QED) is 0.784. The van der Waals surface area contributed by atoms with Crippen LogP contribution >= 0.6 is 0 Å². The number of amides is 1. The minimum Gasteiger partial charge on any atom is -0.481 e. The molecule has 4 heteroatoms. The Bertz CT molecular complexity index is 338. The van der Waals surface area contributed by atoms with Gasteiger partial charge in [-0.15, -0.1) is 0 Å². The molecule has 1 amide bonds. The van der Waals surface area contributed by atoms with Gasteiger partial charge >= 0.3 is 5.97 Å². The summed E-state index contributed by atoms with van der Waals surface area (Å²) in [6.07, 6.45) is 3.36. The second kappa shape index (κ2) is 4.31. The van der Waals surface area contributed by atoms with Crippen molar-refractivity contribution in [2.75, 3.05) is 6.54 Å². The van der Waals surface area contributed by atoms with Gasteiger partial charge in [-0.2, -0.15) is 0 Å². The summed E-state index contributed by atoms with van der Waals surface area (Å²) < 4.78 is 0. The number of carboxylic acid groups (broad SMARTS) is 1. The van der Waals surface area contributed by atoms with E-state index in [2.05, 4.69) is 19.2 Å². The first-order valence-corrected chi connectivity index (χ1v) is 6.42. The molecule has 0 aromatic heterocycles. The lowest BCUT2D eigenvalue weighted by Crippen LogP contribution is -2.36. The van der Waals surface area contributed by atoms with E-state index in [1.807, 2.05) is 0 Å². The van der Waals surface area contributed by atoms with E-state index >= 15 is 0 Å². The first-order chi connectivity index (χ1) is 7.92. The van der Waals surface area contributed by atoms with Crippen molar-refractivity contribution in [3.05, 3.63) is 0 Å². The lowest BCUT2D eigenvalue weighted by molar-refractivity contribution is -0.146. The zero-order valence-electron chi connectivity index (χ0n) is 10.5. The lowest BCUT2D eigenvalue weighted by atomic mass is 9.95. The first-order valence-electron chi connectivity index (χ1n) is 6.42. The largest absolute Gasteiger partial charge is 0.481 e. The van der Waals surface area contributed by atoms with E-state index in [0.29, 0.717) is 24.3 Å². The van der Waals surface area contributed by atoms with Crippen molar-refractivity contribution in [3.63, 3.8) is 0 Å². The maximum absolute atomic E-state index is 11.9. The highest BCUT2D eigenvalue weighted by molar-refractivity contribution is 5.85. The van der Waals surface area contributed by atoms with Crippen LogP contribution in [0.15, 0.2) is 0 Å². The summed E-state index contributed by atoms with van der Waals surface area (Å²) in [6.45, 7) is 5.09. The van der Waals surface area contributed by atoms with Gasteiger partial charge in [-0.3, -0.25) is 9.59 Å². The molecule has 4 nitrogen and oxygen atoms in total. The molecule has 0 spiro atoms. The predicted molar refractivity (Wildman–Crippen MR) is 63.4 cm³/mol. The Balaban J connectivity index is 1.81. The summed E-state index contributed by atoms with van der Waals surface area (Å²) in [6, 6.07) is 0. The van der Waals surface area contributed by atoms with E-state index in [-0.39, 0.29) is 11.8 Å². The number of rotatable bonds is 4. The molecule has 0 bridgehead atoms. The average molecular weight is 239 g/mol. The molecule has 0 radical (unpaired) electrons. The molecule has 0 heterocycles. The van der Waals surface area contributed by atoms with Crippen molar-refractivity contribution in [2.24, 2.45) is 23.2 Å². The molecule has 3 unspecified atom stereocenters. The fourth-order valence-corrected chi connectivity index (χ4v) is 2.85. The number of carbonyl (C=O) groups is 2. The Morgan fingerprint density at radius 3 is 2.41 bits per heavy atom. The number of aliphatic carboxylic acids is 1. The van der Waals surface area contributed by atoms with Gasteiger partial charge in [0.25, 0.3) is 0 Å². The van der Waals surface area contributed by atoms with Crippen LogP contribution in [0, 0.1) is 23.2 Å². The van der Waals surface area contributed by atoms with Gasteiger partial charge in [0.1, 0.15) is 0 Å². The third-order valence-corrected chi connectivity index (χ3v) is 4.41. The third kappa shape index (κ3) is 2.61. The maximum Gasteiger partial charge on any atom is 0.307 e. The average Bonchev–Trinajstić information content (AvgIpc) is 2.67. The lowest BCUT2D eigenvalue weighted by Gasteiger charge is -2.15. The second-order valence-corrected chi connectivity index (χ2v) is 6.12. The molecular formula is C13H21NO3. The van der Waals surface area contributed by atoms with Crippen molar-refractivity contribution in [1.82, 2.24) is 5.32 Å². The fraction of sp³-hybridized carbons (Fsp3) is 0.846. The second-order valence-electron chi connectivity index (χ2n) is 6.12. The fourth-order valence-electron chi connectivity index (χ4n) is 2.85. The highest BCUT2D eigenvalue weighted by Gasteiger charge is 2.46. The van der Waals surface area contributed by atoms with Crippen molar-refractivity contribution in [3.8, 4) is 0 Å². The molecule has 2 fully saturated rings. The van der Waals surface area contributed by atoms with E-state index in [0.717, 1.165) is 19.3 Å². The number of nitrogens with one attached hydrogen (secondary N) is 1. The van der Waals surface area contributed by atoms with Gasteiger partial charge < -0.3 is 10.4 Å². The smallest absolute Gasteiger partial charge is 0.307 e. The summed E-state index contributed by atoms with van der Waals surface area (Å²) >= 11 is 0. The summed E-state index contributed by atoms with van der Waals surface area (Å²) in [4.78, 5) is 22.9. The third-order valence-electron chi connectivity index (χ3n) is 4.41. The molecule has 2 aliphatic rings. The van der Waals surface area contributed by atoms with Gasteiger partial charge in [0.05, 0.1) is 11.8 Å². The number of hydrogen-bond donors (Lipinski definition) is 2. The van der Waals surface area contributed by atoms with Crippen LogP contribution < -0.4 is 5.32 Å². The Labute approximate surface area is 102 Å². The Morgan fingerprint density at radius 1 is 1.29 bits per heavy atom. The molecule has 2 N–H and O–H groups in total. The van der Waals surface area contributed by atoms with Crippen LogP contribution in [0.5, 0.6) is 0 Å². The van der Waals surface area contributed by atoms with E-state index in [9.17, 15) is 9.59 Å². The number of hydrogen-bond acceptors (Lipinski definition) is 2. The van der Waals surface area contributed by atoms with E-state index in [4.69, 9.17) is 5.11 Å². The van der Waals surface area contributed by atoms with Gasteiger partial charge in [-0.1, -0.05) is 20.3 Å². The van der Waals surface area contributed by atoms with Gasteiger partial charge in [0.2, 0.25) is 5.91 Å². The molecule has 0 aliphatic heterocycles. The zero-order valence-corrected chi connectivity index (χ0v) is 10.5. The summed E-state index contributed by atoms with van der Waals surface area (Å²) in [5.74, 6) is -1.10. The van der Waals surface area contributed by atoms with Crippen LogP contribution in [0.3, 0.4) is 0 Å². The molecule has 3 atom stereocenters. The highest BCUT2D eigenvalue weighted by atomic mass is 16.4. The topological polar surface area (TPSA) is 66.4 Å². The molecular weight excluding hydrogens is 218 g/mol. The molecule has 2 aliphatic carbocycles. The summed E-state index contributed by atoms with van der Waals surface area (Å²) in [5, 5.41) is 12.0. The molecule has 17 heavy (non-hydrogen) atoms. The van der Waals surface area contributed by atoms with E-state index in [1.54, 1.807) is 0 Å². The predicted octanol–water partition coefficient (Wildman–Crippen LogP) is 1.65. The van der Waals surface area contributed by atoms with Gasteiger partial charge in [0, 0.05) is 6.54 Å². The summed E-state index contributed by atoms with van der Waals surface area (Å²) in [7, 11) is 0. The van der Waals surface area contributed by atoms with Crippen molar-refractivity contribution in [1.29, 1.82) is 0 Å². The van der Waals surface area contributed by atoms with Gasteiger partial charge in [0.15, 0.2) is 0 Å². The molecule has 0 aromatic rings. The molecule has 2 saturated carbocycles. The van der Waals surface area contributed by atoms with Crippen LogP contribution in [0.2, 0.25) is 0 Å². The minimum atomic E-state index is -0.825. The highest BCUT2D eigenvalue weighted by Crippen LogP contribution is 2.51. The molecule has 0 aromatic carbocycles. The van der Waals surface area contributed by atoms with E-state index < -0.39 is 11.9 Å². The Morgan fingerprint density at radius 2 is 1.88 bits per heavy atom.